The second-order valence-electron chi connectivity index (χ2n) is 3.14. The molecule has 0 amide bonds. The van der Waals surface area contributed by atoms with Crippen molar-refractivity contribution in [2.75, 3.05) is 14.2 Å². The van der Waals surface area contributed by atoms with Crippen LogP contribution in [-0.4, -0.2) is 14.2 Å². The molecule has 0 spiro atoms. The Morgan fingerprint density at radius 1 is 1.50 bits per heavy atom. The fourth-order valence-electron chi connectivity index (χ4n) is 1.56. The maximum Gasteiger partial charge on any atom is 0.123 e. The number of methoxy groups -OCH3 is 1. The van der Waals surface area contributed by atoms with E-state index in [0.29, 0.717) is 0 Å². The zero-order chi connectivity index (χ0) is 10.6. The van der Waals surface area contributed by atoms with Crippen LogP contribution < -0.4 is 10.1 Å². The minimum absolute atomic E-state index is 0.139. The quantitative estimate of drug-likeness (QED) is 0.800. The van der Waals surface area contributed by atoms with Crippen LogP contribution in [0.5, 0.6) is 5.75 Å². The van der Waals surface area contributed by atoms with E-state index in [-0.39, 0.29) is 11.9 Å². The minimum atomic E-state index is -0.227. The number of benzene rings is 1. The Labute approximate surface area is 84.1 Å². The lowest BCUT2D eigenvalue weighted by molar-refractivity contribution is 0.398. The van der Waals surface area contributed by atoms with Gasteiger partial charge >= 0.3 is 0 Å². The maximum atomic E-state index is 13.0. The van der Waals surface area contributed by atoms with Crippen molar-refractivity contribution in [2.24, 2.45) is 0 Å². The smallest absolute Gasteiger partial charge is 0.123 e. The van der Waals surface area contributed by atoms with E-state index in [2.05, 4.69) is 5.32 Å². The predicted octanol–water partition coefficient (Wildman–Crippen LogP) is 2.50. The summed E-state index contributed by atoms with van der Waals surface area (Å²) in [6, 6.07) is 4.72. The Bertz CT molecular complexity index is 297. The molecule has 78 valence electrons. The Morgan fingerprint density at radius 3 is 2.71 bits per heavy atom. The van der Waals surface area contributed by atoms with Gasteiger partial charge in [0.25, 0.3) is 0 Å². The molecule has 1 unspecified atom stereocenters. The average Bonchev–Trinajstić information content (AvgIpc) is 2.20. The van der Waals surface area contributed by atoms with E-state index in [1.165, 1.54) is 12.1 Å². The molecule has 3 heteroatoms. The third-order valence-electron chi connectivity index (χ3n) is 2.32. The summed E-state index contributed by atoms with van der Waals surface area (Å²) in [5.41, 5.74) is 0.873. The van der Waals surface area contributed by atoms with Gasteiger partial charge in [-0.15, -0.1) is 0 Å². The fourth-order valence-corrected chi connectivity index (χ4v) is 1.56. The lowest BCUT2D eigenvalue weighted by Crippen LogP contribution is -2.16. The summed E-state index contributed by atoms with van der Waals surface area (Å²) >= 11 is 0. The van der Waals surface area contributed by atoms with Crippen molar-refractivity contribution in [1.82, 2.24) is 5.32 Å². The zero-order valence-electron chi connectivity index (χ0n) is 8.80. The standard InChI is InChI=1S/C11H16FNO/c1-4-10(13-2)9-7-8(12)5-6-11(9)14-3/h5-7,10,13H,4H2,1-3H3. The highest BCUT2D eigenvalue weighted by molar-refractivity contribution is 5.36. The molecule has 0 heterocycles. The Hall–Kier alpha value is -1.09. The molecular weight excluding hydrogens is 181 g/mol. The van der Waals surface area contributed by atoms with Gasteiger partial charge in [0.05, 0.1) is 7.11 Å². The SMILES string of the molecule is CCC(NC)c1cc(F)ccc1OC. The topological polar surface area (TPSA) is 21.3 Å². The molecule has 0 aliphatic carbocycles. The molecule has 1 aromatic rings. The van der Waals surface area contributed by atoms with Gasteiger partial charge in [-0.05, 0) is 31.7 Å². The number of rotatable bonds is 4. The first-order valence-corrected chi connectivity index (χ1v) is 4.73. The van der Waals surface area contributed by atoms with Crippen molar-refractivity contribution in [2.45, 2.75) is 19.4 Å². The van der Waals surface area contributed by atoms with Crippen LogP contribution in [-0.2, 0) is 0 Å². The van der Waals surface area contributed by atoms with E-state index in [9.17, 15) is 4.39 Å². The fraction of sp³-hybridized carbons (Fsp3) is 0.455. The number of hydrogen-bond acceptors (Lipinski definition) is 2. The first-order chi connectivity index (χ1) is 6.72. The summed E-state index contributed by atoms with van der Waals surface area (Å²) in [7, 11) is 3.46. The summed E-state index contributed by atoms with van der Waals surface area (Å²) in [5.74, 6) is 0.502. The molecule has 0 saturated heterocycles. The molecule has 0 radical (unpaired) electrons. The largest absolute Gasteiger partial charge is 0.496 e. The van der Waals surface area contributed by atoms with Crippen LogP contribution in [0.4, 0.5) is 4.39 Å². The van der Waals surface area contributed by atoms with Crippen LogP contribution in [0.3, 0.4) is 0 Å². The number of halogens is 1. The predicted molar refractivity (Wildman–Crippen MR) is 55.0 cm³/mol. The second kappa shape index (κ2) is 4.96. The monoisotopic (exact) mass is 197 g/mol. The Balaban J connectivity index is 3.08. The summed E-state index contributed by atoms with van der Waals surface area (Å²) in [6.45, 7) is 2.05. The van der Waals surface area contributed by atoms with Gasteiger partial charge in [-0.25, -0.2) is 4.39 Å². The van der Waals surface area contributed by atoms with E-state index >= 15 is 0 Å². The van der Waals surface area contributed by atoms with Crippen LogP contribution in [0.25, 0.3) is 0 Å². The van der Waals surface area contributed by atoms with Crippen molar-refractivity contribution in [3.8, 4) is 5.75 Å². The molecule has 0 aliphatic rings. The van der Waals surface area contributed by atoms with E-state index < -0.39 is 0 Å². The van der Waals surface area contributed by atoms with Crippen LogP contribution in [0.1, 0.15) is 24.9 Å². The molecular formula is C11H16FNO. The molecule has 0 fully saturated rings. The van der Waals surface area contributed by atoms with Gasteiger partial charge < -0.3 is 10.1 Å². The molecule has 0 aromatic heterocycles. The number of ether oxygens (including phenoxy) is 1. The van der Waals surface area contributed by atoms with Crippen molar-refractivity contribution in [3.05, 3.63) is 29.6 Å². The number of hydrogen-bond donors (Lipinski definition) is 1. The van der Waals surface area contributed by atoms with E-state index in [1.54, 1.807) is 13.2 Å². The highest BCUT2D eigenvalue weighted by Crippen LogP contribution is 2.27. The van der Waals surface area contributed by atoms with Crippen molar-refractivity contribution < 1.29 is 9.13 Å². The van der Waals surface area contributed by atoms with Crippen LogP contribution in [0, 0.1) is 5.82 Å². The Kier molecular flexibility index (Phi) is 3.89. The van der Waals surface area contributed by atoms with Crippen molar-refractivity contribution in [1.29, 1.82) is 0 Å². The molecule has 14 heavy (non-hydrogen) atoms. The van der Waals surface area contributed by atoms with Gasteiger partial charge in [0.2, 0.25) is 0 Å². The summed E-state index contributed by atoms with van der Waals surface area (Å²) in [6.07, 6.45) is 0.899. The number of nitrogens with one attached hydrogen (secondary N) is 1. The van der Waals surface area contributed by atoms with Gasteiger partial charge in [0.1, 0.15) is 11.6 Å². The van der Waals surface area contributed by atoms with Crippen molar-refractivity contribution >= 4 is 0 Å². The Morgan fingerprint density at radius 2 is 2.21 bits per heavy atom. The lowest BCUT2D eigenvalue weighted by Gasteiger charge is -2.17. The molecule has 1 atom stereocenters. The average molecular weight is 197 g/mol. The first-order valence-electron chi connectivity index (χ1n) is 4.73. The van der Waals surface area contributed by atoms with E-state index in [0.717, 1.165) is 17.7 Å². The van der Waals surface area contributed by atoms with Gasteiger partial charge in [-0.3, -0.25) is 0 Å². The third-order valence-corrected chi connectivity index (χ3v) is 2.32. The van der Waals surface area contributed by atoms with E-state index in [4.69, 9.17) is 4.74 Å². The third kappa shape index (κ3) is 2.23. The van der Waals surface area contributed by atoms with Crippen LogP contribution >= 0.6 is 0 Å². The van der Waals surface area contributed by atoms with Gasteiger partial charge in [-0.2, -0.15) is 0 Å². The summed E-state index contributed by atoms with van der Waals surface area (Å²) < 4.78 is 18.2. The van der Waals surface area contributed by atoms with E-state index in [1.807, 2.05) is 14.0 Å². The van der Waals surface area contributed by atoms with Crippen molar-refractivity contribution in [3.63, 3.8) is 0 Å². The molecule has 0 aliphatic heterocycles. The van der Waals surface area contributed by atoms with Crippen LogP contribution in [0.15, 0.2) is 18.2 Å². The minimum Gasteiger partial charge on any atom is -0.496 e. The molecule has 1 rings (SSSR count). The lowest BCUT2D eigenvalue weighted by atomic mass is 10.0. The second-order valence-corrected chi connectivity index (χ2v) is 3.14. The maximum absolute atomic E-state index is 13.0. The van der Waals surface area contributed by atoms with Gasteiger partial charge in [-0.1, -0.05) is 6.92 Å². The zero-order valence-corrected chi connectivity index (χ0v) is 8.80. The van der Waals surface area contributed by atoms with Crippen LogP contribution in [0.2, 0.25) is 0 Å². The van der Waals surface area contributed by atoms with Gasteiger partial charge in [0.15, 0.2) is 0 Å². The summed E-state index contributed by atoms with van der Waals surface area (Å²) in [5, 5.41) is 3.12. The summed E-state index contributed by atoms with van der Waals surface area (Å²) in [4.78, 5) is 0. The normalized spacial score (nSPS) is 12.6. The first kappa shape index (κ1) is 11.0. The highest BCUT2D eigenvalue weighted by Gasteiger charge is 2.12. The molecule has 0 saturated carbocycles. The molecule has 1 N–H and O–H groups in total. The van der Waals surface area contributed by atoms with Gasteiger partial charge in [0, 0.05) is 11.6 Å². The highest BCUT2D eigenvalue weighted by atomic mass is 19.1. The molecule has 0 bridgehead atoms. The molecule has 2 nitrogen and oxygen atoms in total. The molecule has 1 aromatic carbocycles.